The number of aromatic amines is 1. The van der Waals surface area contributed by atoms with E-state index in [0.29, 0.717) is 23.5 Å². The second kappa shape index (κ2) is 13.9. The highest BCUT2D eigenvalue weighted by Gasteiger charge is 2.29. The SMILES string of the molecule is C=CNc1nc(Cl)[nH]c1C(=C)N(CCCCC)CCCC(C)=NC(=N)Cc1ccc(C(F)(F)F)cc1. The van der Waals surface area contributed by atoms with Gasteiger partial charge in [0.1, 0.15) is 11.5 Å². The summed E-state index contributed by atoms with van der Waals surface area (Å²) in [6, 6.07) is 4.84. The number of benzene rings is 1. The average molecular weight is 523 g/mol. The van der Waals surface area contributed by atoms with E-state index in [0.717, 1.165) is 62.3 Å². The zero-order chi connectivity index (χ0) is 26.7. The number of hydrogen-bond donors (Lipinski definition) is 3. The fourth-order valence-corrected chi connectivity index (χ4v) is 3.88. The Morgan fingerprint density at radius 2 is 1.89 bits per heavy atom. The highest BCUT2D eigenvalue weighted by Crippen LogP contribution is 2.29. The molecule has 0 unspecified atom stereocenters. The molecule has 196 valence electrons. The molecule has 0 aliphatic rings. The van der Waals surface area contributed by atoms with Crippen LogP contribution in [0.2, 0.25) is 5.28 Å². The van der Waals surface area contributed by atoms with Crippen molar-refractivity contribution in [2.45, 2.75) is 58.5 Å². The van der Waals surface area contributed by atoms with Gasteiger partial charge in [-0.05, 0) is 61.7 Å². The van der Waals surface area contributed by atoms with Gasteiger partial charge in [0, 0.05) is 25.2 Å². The van der Waals surface area contributed by atoms with Crippen LogP contribution in [-0.2, 0) is 12.6 Å². The van der Waals surface area contributed by atoms with Crippen molar-refractivity contribution in [1.82, 2.24) is 14.9 Å². The van der Waals surface area contributed by atoms with E-state index in [1.54, 1.807) is 0 Å². The van der Waals surface area contributed by atoms with E-state index in [-0.39, 0.29) is 17.5 Å². The van der Waals surface area contributed by atoms with Gasteiger partial charge in [0.15, 0.2) is 5.82 Å². The number of rotatable bonds is 14. The molecule has 3 N–H and O–H groups in total. The topological polar surface area (TPSA) is 80.2 Å². The van der Waals surface area contributed by atoms with Crippen LogP contribution in [0.3, 0.4) is 0 Å². The first kappa shape index (κ1) is 29.2. The molecule has 0 aliphatic carbocycles. The summed E-state index contributed by atoms with van der Waals surface area (Å²) in [7, 11) is 0. The molecule has 0 saturated carbocycles. The summed E-state index contributed by atoms with van der Waals surface area (Å²) in [6.45, 7) is 13.5. The van der Waals surface area contributed by atoms with Gasteiger partial charge in [0.25, 0.3) is 0 Å². The van der Waals surface area contributed by atoms with E-state index in [1.807, 2.05) is 6.92 Å². The summed E-state index contributed by atoms with van der Waals surface area (Å²) in [6.07, 6.45) is 2.03. The maximum Gasteiger partial charge on any atom is 0.416 e. The molecule has 0 aliphatic heterocycles. The number of halogens is 4. The number of alkyl halides is 3. The molecule has 1 heterocycles. The highest BCUT2D eigenvalue weighted by molar-refractivity contribution is 6.28. The minimum atomic E-state index is -4.37. The number of amidine groups is 1. The predicted octanol–water partition coefficient (Wildman–Crippen LogP) is 7.56. The monoisotopic (exact) mass is 522 g/mol. The molecule has 1 aromatic heterocycles. The van der Waals surface area contributed by atoms with Crippen LogP contribution < -0.4 is 5.32 Å². The Balaban J connectivity index is 1.96. The van der Waals surface area contributed by atoms with Crippen molar-refractivity contribution in [3.63, 3.8) is 0 Å². The Morgan fingerprint density at radius 1 is 1.22 bits per heavy atom. The molecule has 6 nitrogen and oxygen atoms in total. The molecule has 10 heteroatoms. The van der Waals surface area contributed by atoms with Crippen LogP contribution in [0.15, 0.2) is 48.6 Å². The molecule has 2 rings (SSSR count). The first-order chi connectivity index (χ1) is 17.0. The van der Waals surface area contributed by atoms with Crippen LogP contribution >= 0.6 is 11.6 Å². The van der Waals surface area contributed by atoms with Gasteiger partial charge in [0.2, 0.25) is 5.28 Å². The summed E-state index contributed by atoms with van der Waals surface area (Å²) in [4.78, 5) is 13.8. The molecule has 0 saturated heterocycles. The van der Waals surface area contributed by atoms with Gasteiger partial charge in [-0.3, -0.25) is 5.41 Å². The smallest absolute Gasteiger partial charge is 0.370 e. The van der Waals surface area contributed by atoms with Crippen LogP contribution in [0.25, 0.3) is 5.70 Å². The normalized spacial score (nSPS) is 11.9. The van der Waals surface area contributed by atoms with Gasteiger partial charge in [-0.15, -0.1) is 0 Å². The van der Waals surface area contributed by atoms with E-state index in [9.17, 15) is 13.2 Å². The van der Waals surface area contributed by atoms with E-state index < -0.39 is 11.7 Å². The lowest BCUT2D eigenvalue weighted by Gasteiger charge is -2.26. The van der Waals surface area contributed by atoms with Crippen LogP contribution in [-0.4, -0.2) is 39.5 Å². The van der Waals surface area contributed by atoms with Crippen molar-refractivity contribution in [2.75, 3.05) is 18.4 Å². The quantitative estimate of drug-likeness (QED) is 0.136. The Morgan fingerprint density at radius 3 is 2.50 bits per heavy atom. The van der Waals surface area contributed by atoms with Crippen molar-refractivity contribution in [3.05, 3.63) is 65.7 Å². The third-order valence-corrected chi connectivity index (χ3v) is 5.74. The Bertz CT molecular complexity index is 1060. The number of imidazole rings is 1. The van der Waals surface area contributed by atoms with Crippen molar-refractivity contribution in [2.24, 2.45) is 4.99 Å². The molecule has 0 fully saturated rings. The highest BCUT2D eigenvalue weighted by atomic mass is 35.5. The maximum absolute atomic E-state index is 12.7. The lowest BCUT2D eigenvalue weighted by atomic mass is 10.1. The molecule has 0 amide bonds. The van der Waals surface area contributed by atoms with Gasteiger partial charge >= 0.3 is 6.18 Å². The zero-order valence-corrected chi connectivity index (χ0v) is 21.6. The minimum Gasteiger partial charge on any atom is -0.370 e. The molecular weight excluding hydrogens is 489 g/mol. The summed E-state index contributed by atoms with van der Waals surface area (Å²) in [5.41, 5.74) is 2.20. The number of unbranched alkanes of at least 4 members (excludes halogenated alkanes) is 2. The lowest BCUT2D eigenvalue weighted by molar-refractivity contribution is -0.137. The molecular formula is C26H34ClF3N6. The first-order valence-electron chi connectivity index (χ1n) is 11.9. The predicted molar refractivity (Wildman–Crippen MR) is 143 cm³/mol. The fourth-order valence-electron chi connectivity index (χ4n) is 3.70. The van der Waals surface area contributed by atoms with E-state index in [2.05, 4.69) is 45.3 Å². The zero-order valence-electron chi connectivity index (χ0n) is 20.8. The first-order valence-corrected chi connectivity index (χ1v) is 12.3. The van der Waals surface area contributed by atoms with Crippen LogP contribution in [0, 0.1) is 5.41 Å². The Hall–Kier alpha value is -3.07. The summed E-state index contributed by atoms with van der Waals surface area (Å²) in [5.74, 6) is 0.679. The van der Waals surface area contributed by atoms with Gasteiger partial charge < -0.3 is 15.2 Å². The minimum absolute atomic E-state index is 0.115. The van der Waals surface area contributed by atoms with Crippen molar-refractivity contribution in [1.29, 1.82) is 5.41 Å². The van der Waals surface area contributed by atoms with Gasteiger partial charge in [0.05, 0.1) is 11.3 Å². The largest absolute Gasteiger partial charge is 0.416 e. The molecule has 1 aromatic carbocycles. The molecule has 0 radical (unpaired) electrons. The van der Waals surface area contributed by atoms with E-state index >= 15 is 0 Å². The lowest BCUT2D eigenvalue weighted by Crippen LogP contribution is -2.25. The number of anilines is 1. The molecule has 2 aromatic rings. The van der Waals surface area contributed by atoms with Crippen molar-refractivity contribution in [3.8, 4) is 0 Å². The van der Waals surface area contributed by atoms with Crippen LogP contribution in [0.4, 0.5) is 19.0 Å². The molecule has 0 atom stereocenters. The molecule has 0 spiro atoms. The second-order valence-electron chi connectivity index (χ2n) is 8.51. The third-order valence-electron chi connectivity index (χ3n) is 5.56. The second-order valence-corrected chi connectivity index (χ2v) is 8.87. The summed E-state index contributed by atoms with van der Waals surface area (Å²) >= 11 is 6.07. The summed E-state index contributed by atoms with van der Waals surface area (Å²) < 4.78 is 38.2. The molecule has 36 heavy (non-hydrogen) atoms. The van der Waals surface area contributed by atoms with Gasteiger partial charge in [-0.25, -0.2) is 4.99 Å². The Kier molecular flexibility index (Phi) is 11.2. The maximum atomic E-state index is 12.7. The van der Waals surface area contributed by atoms with Crippen molar-refractivity contribution >= 4 is 34.7 Å². The van der Waals surface area contributed by atoms with E-state index in [1.165, 1.54) is 18.3 Å². The number of H-pyrrole nitrogens is 1. The summed E-state index contributed by atoms with van der Waals surface area (Å²) in [5, 5.41) is 11.4. The number of nitrogens with zero attached hydrogens (tertiary/aromatic N) is 3. The number of nitrogens with one attached hydrogen (secondary N) is 3. The van der Waals surface area contributed by atoms with Crippen molar-refractivity contribution < 1.29 is 13.2 Å². The van der Waals surface area contributed by atoms with Gasteiger partial charge in [-0.2, -0.15) is 18.2 Å². The number of hydrogen-bond acceptors (Lipinski definition) is 4. The molecule has 0 bridgehead atoms. The number of aromatic nitrogens is 2. The van der Waals surface area contributed by atoms with Gasteiger partial charge in [-0.1, -0.05) is 45.1 Å². The third kappa shape index (κ3) is 9.18. The van der Waals surface area contributed by atoms with Crippen LogP contribution in [0.5, 0.6) is 0 Å². The van der Waals surface area contributed by atoms with Crippen LogP contribution in [0.1, 0.15) is 62.8 Å². The standard InChI is InChI=1S/C26H34ClF3N6/c1-5-7-8-15-36(19(4)23-24(32-6-2)35-25(27)34-23)16-9-10-18(3)33-22(31)17-20-11-13-21(14-12-20)26(28,29)30/h6,11-14,31-32H,2,4-5,7-10,15-17H2,1,3H3,(H,34,35). The Labute approximate surface area is 215 Å². The fraction of sp³-hybridized carbons (Fsp3) is 0.423. The van der Waals surface area contributed by atoms with E-state index in [4.69, 9.17) is 17.0 Å². The number of aliphatic imine (C=N–C) groups is 1. The average Bonchev–Trinajstić information content (AvgIpc) is 3.17.